The average molecular weight is 189 g/mol. The summed E-state index contributed by atoms with van der Waals surface area (Å²) in [5.74, 6) is -3.54. The van der Waals surface area contributed by atoms with Crippen LogP contribution in [-0.4, -0.2) is 40.4 Å². The zero-order chi connectivity index (χ0) is 9.80. The summed E-state index contributed by atoms with van der Waals surface area (Å²) < 4.78 is 4.99. The van der Waals surface area contributed by atoms with E-state index in [1.54, 1.807) is 0 Å². The van der Waals surface area contributed by atoms with Crippen LogP contribution in [-0.2, 0) is 14.3 Å². The summed E-state index contributed by atoms with van der Waals surface area (Å²) in [7, 11) is 0. The Bertz CT molecular complexity index is 291. The van der Waals surface area contributed by atoms with Crippen LogP contribution in [0.25, 0.3) is 0 Å². The molecule has 2 rings (SSSR count). The highest BCUT2D eigenvalue weighted by atomic mass is 16.6. The van der Waals surface area contributed by atoms with Gasteiger partial charge in [-0.25, -0.2) is 0 Å². The third kappa shape index (κ3) is 0.895. The van der Waals surface area contributed by atoms with E-state index in [2.05, 4.69) is 0 Å². The van der Waals surface area contributed by atoms with Crippen molar-refractivity contribution < 1.29 is 24.5 Å². The Morgan fingerprint density at radius 2 is 2.31 bits per heavy atom. The summed E-state index contributed by atoms with van der Waals surface area (Å²) >= 11 is 0. The van der Waals surface area contributed by atoms with Crippen LogP contribution in [0.3, 0.4) is 0 Å². The molecule has 1 heterocycles. The zero-order valence-corrected chi connectivity index (χ0v) is 6.64. The van der Waals surface area contributed by atoms with Crippen LogP contribution >= 0.6 is 0 Å². The summed E-state index contributed by atoms with van der Waals surface area (Å²) in [6.45, 7) is -0.0958. The molecule has 0 aromatic heterocycles. The van der Waals surface area contributed by atoms with Crippen LogP contribution in [0.2, 0.25) is 0 Å². The molecule has 6 nitrogen and oxygen atoms in total. The second-order valence-corrected chi connectivity index (χ2v) is 3.51. The van der Waals surface area contributed by atoms with Gasteiger partial charge in [-0.1, -0.05) is 0 Å². The van der Waals surface area contributed by atoms with Gasteiger partial charge in [-0.2, -0.15) is 0 Å². The molecule has 4 atom stereocenters. The molecule has 0 bridgehead atoms. The van der Waals surface area contributed by atoms with E-state index in [1.807, 2.05) is 0 Å². The quantitative estimate of drug-likeness (QED) is 0.487. The van der Waals surface area contributed by atoms with Gasteiger partial charge < -0.3 is 20.7 Å². The lowest BCUT2D eigenvalue weighted by Crippen LogP contribution is -2.52. The minimum atomic E-state index is -1.51. The zero-order valence-electron chi connectivity index (χ0n) is 6.64. The van der Waals surface area contributed by atoms with E-state index in [9.17, 15) is 9.59 Å². The number of carboxylic acid groups (broad SMARTS) is 2. The van der Waals surface area contributed by atoms with Crippen molar-refractivity contribution in [1.82, 2.24) is 0 Å². The van der Waals surface area contributed by atoms with Gasteiger partial charge in [0.25, 0.3) is 0 Å². The highest BCUT2D eigenvalue weighted by molar-refractivity contribution is 5.85. The van der Waals surface area contributed by atoms with Gasteiger partial charge in [0.2, 0.25) is 0 Å². The lowest BCUT2D eigenvalue weighted by atomic mass is 10.1. The van der Waals surface area contributed by atoms with Crippen molar-refractivity contribution in [1.29, 1.82) is 0 Å². The lowest BCUT2D eigenvalue weighted by molar-refractivity contribution is -0.147. The minimum absolute atomic E-state index is 0.0958. The van der Waals surface area contributed by atoms with Gasteiger partial charge in [-0.05, 0) is 0 Å². The number of ether oxygens (including phenoxy) is 1. The summed E-state index contributed by atoms with van der Waals surface area (Å²) in [5.41, 5.74) is 4.02. The Labute approximate surface area is 73.3 Å². The van der Waals surface area contributed by atoms with Gasteiger partial charge in [0.15, 0.2) is 0 Å². The second-order valence-electron chi connectivity index (χ2n) is 3.51. The van der Waals surface area contributed by atoms with E-state index in [0.717, 1.165) is 0 Å². The molecule has 2 fully saturated rings. The van der Waals surface area contributed by atoms with Crippen molar-refractivity contribution in [3.05, 3.63) is 0 Å². The number of hydrogen-bond donors (Lipinski definition) is 3. The topological polar surface area (TPSA) is 110 Å². The maximum Gasteiger partial charge on any atom is 0.326 e. The van der Waals surface area contributed by atoms with E-state index in [1.165, 1.54) is 0 Å². The summed E-state index contributed by atoms with van der Waals surface area (Å²) in [6, 6.07) is 0. The van der Waals surface area contributed by atoms with Gasteiger partial charge in [0, 0.05) is 5.92 Å². The van der Waals surface area contributed by atoms with E-state index in [-0.39, 0.29) is 6.61 Å². The Morgan fingerprint density at radius 1 is 1.69 bits per heavy atom. The molecule has 1 aliphatic carbocycles. The summed E-state index contributed by atoms with van der Waals surface area (Å²) in [6.07, 6.45) is -0.501. The maximum atomic E-state index is 10.7. The van der Waals surface area contributed by atoms with E-state index >= 15 is 0 Å². The molecular formula is C7H9NO5. The predicted molar refractivity (Wildman–Crippen MR) is 38.9 cm³/mol. The summed E-state index contributed by atoms with van der Waals surface area (Å²) in [4.78, 5) is 21.3. The number of aliphatic carboxylic acids is 2. The molecule has 4 N–H and O–H groups in total. The minimum Gasteiger partial charge on any atom is -0.481 e. The second kappa shape index (κ2) is 2.21. The monoisotopic (exact) mass is 189 g/mol. The summed E-state index contributed by atoms with van der Waals surface area (Å²) in [5, 5.41) is 17.4. The third-order valence-corrected chi connectivity index (χ3v) is 2.75. The molecule has 0 amide bonds. The molecular weight excluding hydrogens is 180 g/mol. The van der Waals surface area contributed by atoms with Gasteiger partial charge in [-0.3, -0.25) is 9.59 Å². The van der Waals surface area contributed by atoms with Crippen LogP contribution in [0.5, 0.6) is 0 Å². The first kappa shape index (κ1) is 8.46. The number of rotatable bonds is 2. The Balaban J connectivity index is 2.20. The highest BCUT2D eigenvalue weighted by Gasteiger charge is 2.72. The normalized spacial score (nSPS) is 47.0. The van der Waals surface area contributed by atoms with Crippen LogP contribution in [0, 0.1) is 11.8 Å². The van der Waals surface area contributed by atoms with E-state index in [0.29, 0.717) is 0 Å². The molecule has 0 radical (unpaired) electrons. The molecule has 1 aliphatic heterocycles. The molecule has 0 unspecified atom stereocenters. The number of nitrogens with two attached hydrogens (primary N) is 1. The van der Waals surface area contributed by atoms with E-state index < -0.39 is 35.4 Å². The molecule has 6 heteroatoms. The largest absolute Gasteiger partial charge is 0.481 e. The number of hydrogen-bond acceptors (Lipinski definition) is 4. The third-order valence-electron chi connectivity index (χ3n) is 2.75. The molecule has 72 valence electrons. The molecule has 2 aliphatic rings. The number of carboxylic acids is 2. The van der Waals surface area contributed by atoms with Crippen molar-refractivity contribution in [2.75, 3.05) is 6.61 Å². The van der Waals surface area contributed by atoms with Gasteiger partial charge in [0.05, 0.1) is 18.6 Å². The van der Waals surface area contributed by atoms with Crippen molar-refractivity contribution in [2.45, 2.75) is 11.6 Å². The van der Waals surface area contributed by atoms with Crippen molar-refractivity contribution >= 4 is 11.9 Å². The fourth-order valence-electron chi connectivity index (χ4n) is 1.93. The fourth-order valence-corrected chi connectivity index (χ4v) is 1.93. The first-order chi connectivity index (χ1) is 5.98. The Kier molecular flexibility index (Phi) is 1.44. The first-order valence-electron chi connectivity index (χ1n) is 3.85. The van der Waals surface area contributed by atoms with Gasteiger partial charge in [-0.15, -0.1) is 0 Å². The van der Waals surface area contributed by atoms with Crippen LogP contribution in [0.15, 0.2) is 0 Å². The molecule has 0 aromatic rings. The fraction of sp³-hybridized carbons (Fsp3) is 0.714. The van der Waals surface area contributed by atoms with Crippen molar-refractivity contribution in [2.24, 2.45) is 17.6 Å². The maximum absolute atomic E-state index is 10.7. The number of fused-ring (bicyclic) bond motifs is 1. The molecule has 1 saturated carbocycles. The molecule has 0 spiro atoms. The Hall–Kier alpha value is -1.14. The predicted octanol–water partition coefficient (Wildman–Crippen LogP) is -1.50. The van der Waals surface area contributed by atoms with Crippen molar-refractivity contribution in [3.63, 3.8) is 0 Å². The standard InChI is InChI=1S/C7H9NO5/c8-7(6(11)12)1-13-4-2(3(4)7)5(9)10/h2-4H,1,8H2,(H,9,10)(H,11,12)/t2-,3-,4+,7+/m1/s1/i6+2. The first-order valence-corrected chi connectivity index (χ1v) is 3.85. The lowest BCUT2D eigenvalue weighted by Gasteiger charge is -2.19. The smallest absolute Gasteiger partial charge is 0.326 e. The van der Waals surface area contributed by atoms with Crippen LogP contribution < -0.4 is 5.73 Å². The Morgan fingerprint density at radius 3 is 2.69 bits per heavy atom. The molecule has 1 saturated heterocycles. The molecule has 0 aromatic carbocycles. The van der Waals surface area contributed by atoms with E-state index in [4.69, 9.17) is 20.7 Å². The number of carbonyl (C=O) groups is 2. The van der Waals surface area contributed by atoms with Gasteiger partial charge in [0.1, 0.15) is 5.54 Å². The van der Waals surface area contributed by atoms with Crippen molar-refractivity contribution in [3.8, 4) is 0 Å². The van der Waals surface area contributed by atoms with Crippen LogP contribution in [0.4, 0.5) is 0 Å². The van der Waals surface area contributed by atoms with Crippen LogP contribution in [0.1, 0.15) is 0 Å². The average Bonchev–Trinajstić information content (AvgIpc) is 2.66. The highest BCUT2D eigenvalue weighted by Crippen LogP contribution is 2.53. The van der Waals surface area contributed by atoms with Gasteiger partial charge >= 0.3 is 11.9 Å². The molecule has 13 heavy (non-hydrogen) atoms. The SMILES string of the molecule is N[C@@]1([14C](=O)O)CO[C@H]2[C@H](C(=O)O)[C@H]21.